The van der Waals surface area contributed by atoms with Crippen LogP contribution in [-0.4, -0.2) is 64.2 Å². The molecule has 0 radical (unpaired) electrons. The number of sulfonamides is 1. The van der Waals surface area contributed by atoms with E-state index in [4.69, 9.17) is 9.47 Å². The molecule has 2 aromatic rings. The topological polar surface area (TPSA) is 105 Å². The lowest BCUT2D eigenvalue weighted by molar-refractivity contribution is -0.139. The summed E-state index contributed by atoms with van der Waals surface area (Å²) in [4.78, 5) is 27.0. The molecular weight excluding hydrogens is 434 g/mol. The summed E-state index contributed by atoms with van der Waals surface area (Å²) in [5.41, 5.74) is 1.10. The first kappa shape index (κ1) is 23.4. The third kappa shape index (κ3) is 5.50. The Hall–Kier alpha value is -3.27. The summed E-state index contributed by atoms with van der Waals surface area (Å²) in [6.07, 6.45) is 1.03. The molecule has 0 unspecified atom stereocenters. The fourth-order valence-corrected chi connectivity index (χ4v) is 4.21. The molecule has 2 amide bonds. The normalized spacial score (nSPS) is 13.7. The predicted molar refractivity (Wildman–Crippen MR) is 120 cm³/mol. The van der Waals surface area contributed by atoms with Crippen LogP contribution < -0.4 is 19.1 Å². The minimum atomic E-state index is -3.81. The molecule has 0 spiro atoms. The molecule has 10 heteroatoms. The standard InChI is InChI=1S/C22H27N3O6S/c1-16(22(27)23-2)24(14-17-7-5-4-6-8-17)21(26)15-25(32(3,28)29)18-9-10-19-20(13-18)31-12-11-30-19/h4-10,13,16H,11-12,14-15H2,1-3H3,(H,23,27)/t16-/m0/s1. The van der Waals surface area contributed by atoms with Gasteiger partial charge in [-0.05, 0) is 24.6 Å². The third-order valence-corrected chi connectivity index (χ3v) is 6.24. The maximum absolute atomic E-state index is 13.3. The molecule has 0 aliphatic carbocycles. The van der Waals surface area contributed by atoms with E-state index >= 15 is 0 Å². The molecule has 1 aliphatic rings. The van der Waals surface area contributed by atoms with Gasteiger partial charge >= 0.3 is 0 Å². The van der Waals surface area contributed by atoms with E-state index in [2.05, 4.69) is 5.32 Å². The van der Waals surface area contributed by atoms with E-state index in [9.17, 15) is 18.0 Å². The Morgan fingerprint density at radius 3 is 2.34 bits per heavy atom. The van der Waals surface area contributed by atoms with E-state index in [-0.39, 0.29) is 18.1 Å². The number of nitrogens with zero attached hydrogens (tertiary/aromatic N) is 2. The van der Waals surface area contributed by atoms with Gasteiger partial charge in [-0.25, -0.2) is 8.42 Å². The lowest BCUT2D eigenvalue weighted by Gasteiger charge is -2.31. The van der Waals surface area contributed by atoms with Gasteiger partial charge in [0.1, 0.15) is 25.8 Å². The minimum Gasteiger partial charge on any atom is -0.486 e. The number of ether oxygens (including phenoxy) is 2. The van der Waals surface area contributed by atoms with Crippen LogP contribution in [0.25, 0.3) is 0 Å². The fraction of sp³-hybridized carbons (Fsp3) is 0.364. The molecule has 9 nitrogen and oxygen atoms in total. The van der Waals surface area contributed by atoms with Crippen molar-refractivity contribution < 1.29 is 27.5 Å². The second-order valence-electron chi connectivity index (χ2n) is 7.40. The highest BCUT2D eigenvalue weighted by Gasteiger charge is 2.30. The van der Waals surface area contributed by atoms with Crippen LogP contribution in [0.15, 0.2) is 48.5 Å². The number of benzene rings is 2. The summed E-state index contributed by atoms with van der Waals surface area (Å²) in [7, 11) is -2.32. The summed E-state index contributed by atoms with van der Waals surface area (Å²) in [5, 5.41) is 2.54. The third-order valence-electron chi connectivity index (χ3n) is 5.10. The van der Waals surface area contributed by atoms with Gasteiger partial charge in [-0.2, -0.15) is 0 Å². The van der Waals surface area contributed by atoms with E-state index < -0.39 is 28.5 Å². The smallest absolute Gasteiger partial charge is 0.244 e. The van der Waals surface area contributed by atoms with Crippen molar-refractivity contribution in [3.05, 3.63) is 54.1 Å². The quantitative estimate of drug-likeness (QED) is 0.637. The highest BCUT2D eigenvalue weighted by atomic mass is 32.2. The molecule has 172 valence electrons. The molecular formula is C22H27N3O6S. The molecule has 0 fully saturated rings. The Balaban J connectivity index is 1.90. The van der Waals surface area contributed by atoms with Gasteiger partial charge in [0, 0.05) is 19.7 Å². The van der Waals surface area contributed by atoms with Crippen molar-refractivity contribution in [2.75, 3.05) is 37.4 Å². The number of carbonyl (C=O) groups excluding carboxylic acids is 2. The summed E-state index contributed by atoms with van der Waals surface area (Å²) in [5.74, 6) is 0.0678. The first-order valence-corrected chi connectivity index (χ1v) is 12.0. The van der Waals surface area contributed by atoms with Crippen LogP contribution in [0.1, 0.15) is 12.5 Å². The van der Waals surface area contributed by atoms with Crippen LogP contribution in [-0.2, 0) is 26.2 Å². The molecule has 1 heterocycles. The van der Waals surface area contributed by atoms with Gasteiger partial charge in [-0.15, -0.1) is 0 Å². The van der Waals surface area contributed by atoms with Crippen LogP contribution in [0.2, 0.25) is 0 Å². The highest BCUT2D eigenvalue weighted by molar-refractivity contribution is 7.92. The second kappa shape index (κ2) is 9.90. The number of hydrogen-bond donors (Lipinski definition) is 1. The van der Waals surface area contributed by atoms with E-state index in [1.807, 2.05) is 30.3 Å². The van der Waals surface area contributed by atoms with Crippen molar-refractivity contribution in [2.24, 2.45) is 0 Å². The number of rotatable bonds is 8. The monoisotopic (exact) mass is 461 g/mol. The second-order valence-corrected chi connectivity index (χ2v) is 9.30. The number of likely N-dealkylation sites (N-methyl/N-ethyl adjacent to an activating group) is 1. The summed E-state index contributed by atoms with van der Waals surface area (Å²) in [6.45, 7) is 2.06. The molecule has 0 bridgehead atoms. The van der Waals surface area contributed by atoms with Crippen molar-refractivity contribution in [1.82, 2.24) is 10.2 Å². The van der Waals surface area contributed by atoms with E-state index in [1.165, 1.54) is 18.0 Å². The highest BCUT2D eigenvalue weighted by Crippen LogP contribution is 2.34. The zero-order valence-corrected chi connectivity index (χ0v) is 19.1. The minimum absolute atomic E-state index is 0.160. The van der Waals surface area contributed by atoms with Crippen LogP contribution >= 0.6 is 0 Å². The van der Waals surface area contributed by atoms with Crippen molar-refractivity contribution in [1.29, 1.82) is 0 Å². The van der Waals surface area contributed by atoms with Crippen molar-refractivity contribution in [3.63, 3.8) is 0 Å². The zero-order chi connectivity index (χ0) is 23.3. The number of fused-ring (bicyclic) bond motifs is 1. The average molecular weight is 462 g/mol. The van der Waals surface area contributed by atoms with Crippen LogP contribution in [0.3, 0.4) is 0 Å². The molecule has 1 aliphatic heterocycles. The van der Waals surface area contributed by atoms with Crippen molar-refractivity contribution >= 4 is 27.5 Å². The Bertz CT molecular complexity index is 1070. The molecule has 1 N–H and O–H groups in total. The summed E-state index contributed by atoms with van der Waals surface area (Å²) < 4.78 is 37.2. The Morgan fingerprint density at radius 2 is 1.72 bits per heavy atom. The van der Waals surface area contributed by atoms with E-state index in [0.29, 0.717) is 24.7 Å². The van der Waals surface area contributed by atoms with Crippen molar-refractivity contribution in [3.8, 4) is 11.5 Å². The first-order valence-electron chi connectivity index (χ1n) is 10.1. The number of anilines is 1. The van der Waals surface area contributed by atoms with Gasteiger partial charge in [0.2, 0.25) is 21.8 Å². The predicted octanol–water partition coefficient (Wildman–Crippen LogP) is 1.39. The number of amides is 2. The SMILES string of the molecule is CNC(=O)[C@H](C)N(Cc1ccccc1)C(=O)CN(c1ccc2c(c1)OCCO2)S(C)(=O)=O. The molecule has 32 heavy (non-hydrogen) atoms. The lowest BCUT2D eigenvalue weighted by Crippen LogP contribution is -2.50. The number of carbonyl (C=O) groups is 2. The molecule has 3 rings (SSSR count). The van der Waals surface area contributed by atoms with Crippen LogP contribution in [0.5, 0.6) is 11.5 Å². The Kier molecular flexibility index (Phi) is 7.24. The Morgan fingerprint density at radius 1 is 1.06 bits per heavy atom. The summed E-state index contributed by atoms with van der Waals surface area (Å²) in [6, 6.07) is 13.1. The first-order chi connectivity index (χ1) is 15.2. The molecule has 2 aromatic carbocycles. The molecule has 0 aromatic heterocycles. The average Bonchev–Trinajstić information content (AvgIpc) is 2.79. The van der Waals surface area contributed by atoms with Crippen molar-refractivity contribution in [2.45, 2.75) is 19.5 Å². The molecule has 0 saturated carbocycles. The zero-order valence-electron chi connectivity index (χ0n) is 18.3. The maximum Gasteiger partial charge on any atom is 0.244 e. The maximum atomic E-state index is 13.3. The van der Waals surface area contributed by atoms with Crippen LogP contribution in [0.4, 0.5) is 5.69 Å². The van der Waals surface area contributed by atoms with Gasteiger partial charge in [0.05, 0.1) is 11.9 Å². The van der Waals surface area contributed by atoms with Gasteiger partial charge in [-0.1, -0.05) is 30.3 Å². The molecule has 0 saturated heterocycles. The van der Waals surface area contributed by atoms with Gasteiger partial charge < -0.3 is 19.7 Å². The fourth-order valence-electron chi connectivity index (χ4n) is 3.37. The van der Waals surface area contributed by atoms with Gasteiger partial charge in [-0.3, -0.25) is 13.9 Å². The Labute approximate surface area is 188 Å². The lowest BCUT2D eigenvalue weighted by atomic mass is 10.1. The number of nitrogens with one attached hydrogen (secondary N) is 1. The number of hydrogen-bond acceptors (Lipinski definition) is 6. The van der Waals surface area contributed by atoms with Gasteiger partial charge in [0.25, 0.3) is 0 Å². The van der Waals surface area contributed by atoms with E-state index in [0.717, 1.165) is 16.1 Å². The molecule has 1 atom stereocenters. The van der Waals surface area contributed by atoms with Crippen LogP contribution in [0, 0.1) is 0 Å². The van der Waals surface area contributed by atoms with Gasteiger partial charge in [0.15, 0.2) is 11.5 Å². The van der Waals surface area contributed by atoms with E-state index in [1.54, 1.807) is 19.1 Å². The summed E-state index contributed by atoms with van der Waals surface area (Å²) >= 11 is 0. The largest absolute Gasteiger partial charge is 0.486 e.